The van der Waals surface area contributed by atoms with Crippen LogP contribution in [0, 0.1) is 0 Å². The lowest BCUT2D eigenvalue weighted by molar-refractivity contribution is -0.140. The first-order chi connectivity index (χ1) is 7.02. The van der Waals surface area contributed by atoms with Gasteiger partial charge in [0.2, 0.25) is 0 Å². The summed E-state index contributed by atoms with van der Waals surface area (Å²) in [4.78, 5) is 33.1. The van der Waals surface area contributed by atoms with Crippen LogP contribution in [0.2, 0.25) is 0 Å². The van der Waals surface area contributed by atoms with E-state index in [0.717, 1.165) is 0 Å². The Kier molecular flexibility index (Phi) is 3.67. The van der Waals surface area contributed by atoms with Gasteiger partial charge in [0.25, 0.3) is 6.43 Å². The van der Waals surface area contributed by atoms with Crippen molar-refractivity contribution in [3.63, 3.8) is 0 Å². The predicted octanol–water partition coefficient (Wildman–Crippen LogP) is -0.654. The van der Waals surface area contributed by atoms with E-state index < -0.39 is 30.9 Å². The van der Waals surface area contributed by atoms with Crippen LogP contribution in [0.4, 0.5) is 13.6 Å². The highest BCUT2D eigenvalue weighted by molar-refractivity contribution is 6.44. The molecule has 1 saturated heterocycles. The van der Waals surface area contributed by atoms with Crippen LogP contribution in [-0.2, 0) is 14.3 Å². The van der Waals surface area contributed by atoms with Crippen LogP contribution in [0.25, 0.3) is 0 Å². The van der Waals surface area contributed by atoms with Gasteiger partial charge in [-0.3, -0.25) is 19.8 Å². The van der Waals surface area contributed by atoms with Crippen LogP contribution in [0.3, 0.4) is 0 Å². The lowest BCUT2D eigenvalue weighted by Gasteiger charge is -2.10. The van der Waals surface area contributed by atoms with Gasteiger partial charge in [0.15, 0.2) is 0 Å². The first-order valence-corrected chi connectivity index (χ1v) is 4.05. The minimum atomic E-state index is -2.60. The van der Waals surface area contributed by atoms with E-state index in [2.05, 4.69) is 4.74 Å². The molecule has 0 radical (unpaired) electrons. The summed E-state index contributed by atoms with van der Waals surface area (Å²) in [6.45, 7) is -1.21. The zero-order valence-electron chi connectivity index (χ0n) is 7.53. The first-order valence-electron chi connectivity index (χ1n) is 4.05. The topological polar surface area (TPSA) is 75.7 Å². The van der Waals surface area contributed by atoms with Gasteiger partial charge in [-0.15, -0.1) is 0 Å². The smallest absolute Gasteiger partial charge is 0.331 e. The molecule has 0 bridgehead atoms. The molecule has 1 N–H and O–H groups in total. The first kappa shape index (κ1) is 11.5. The van der Waals surface area contributed by atoms with Crippen molar-refractivity contribution in [3.8, 4) is 0 Å². The molecule has 15 heavy (non-hydrogen) atoms. The number of rotatable bonds is 5. The third-order valence-electron chi connectivity index (χ3n) is 1.61. The lowest BCUT2D eigenvalue weighted by Crippen LogP contribution is -2.34. The molecule has 1 aliphatic rings. The third kappa shape index (κ3) is 2.94. The van der Waals surface area contributed by atoms with Crippen molar-refractivity contribution < 1.29 is 27.9 Å². The minimum absolute atomic E-state index is 0.219. The molecule has 0 atom stereocenters. The van der Waals surface area contributed by atoms with Crippen molar-refractivity contribution in [2.24, 2.45) is 0 Å². The molecule has 4 amide bonds. The lowest BCUT2D eigenvalue weighted by atomic mass is 10.5. The summed E-state index contributed by atoms with van der Waals surface area (Å²) in [7, 11) is 0. The highest BCUT2D eigenvalue weighted by atomic mass is 19.3. The second kappa shape index (κ2) is 4.78. The van der Waals surface area contributed by atoms with E-state index in [-0.39, 0.29) is 13.2 Å². The SMILES string of the molecule is O=C1NC(=O)N(CCOCC(F)F)C1=O. The second-order valence-electron chi connectivity index (χ2n) is 2.68. The predicted molar refractivity (Wildman–Crippen MR) is 42.1 cm³/mol. The Hall–Kier alpha value is -1.57. The van der Waals surface area contributed by atoms with Crippen molar-refractivity contribution in [2.75, 3.05) is 19.8 Å². The summed E-state index contributed by atoms with van der Waals surface area (Å²) >= 11 is 0. The summed E-state index contributed by atoms with van der Waals surface area (Å²) < 4.78 is 27.7. The maximum absolute atomic E-state index is 11.6. The minimum Gasteiger partial charge on any atom is -0.374 e. The van der Waals surface area contributed by atoms with Crippen LogP contribution in [0.5, 0.6) is 0 Å². The largest absolute Gasteiger partial charge is 0.374 e. The second-order valence-corrected chi connectivity index (χ2v) is 2.68. The quantitative estimate of drug-likeness (QED) is 0.381. The van der Waals surface area contributed by atoms with E-state index in [1.807, 2.05) is 0 Å². The average Bonchev–Trinajstić information content (AvgIpc) is 2.37. The van der Waals surface area contributed by atoms with E-state index in [9.17, 15) is 23.2 Å². The molecule has 1 heterocycles. The van der Waals surface area contributed by atoms with Crippen LogP contribution in [0.15, 0.2) is 0 Å². The molecule has 1 aliphatic heterocycles. The van der Waals surface area contributed by atoms with Gasteiger partial charge in [-0.25, -0.2) is 13.6 Å². The number of hydrogen-bond donors (Lipinski definition) is 1. The molecule has 6 nitrogen and oxygen atoms in total. The number of carbonyl (C=O) groups is 3. The number of amides is 4. The Morgan fingerprint density at radius 2 is 2.00 bits per heavy atom. The van der Waals surface area contributed by atoms with Gasteiger partial charge in [0.05, 0.1) is 13.2 Å². The molecule has 0 aromatic heterocycles. The highest BCUT2D eigenvalue weighted by Gasteiger charge is 2.36. The number of urea groups is 1. The normalized spacial score (nSPS) is 16.5. The van der Waals surface area contributed by atoms with Gasteiger partial charge in [0.1, 0.15) is 6.61 Å². The van der Waals surface area contributed by atoms with Crippen molar-refractivity contribution >= 4 is 17.8 Å². The Labute approximate surface area is 83.2 Å². The molecule has 0 aromatic carbocycles. The van der Waals surface area contributed by atoms with E-state index >= 15 is 0 Å². The molecule has 0 spiro atoms. The summed E-state index contributed by atoms with van der Waals surface area (Å²) in [6, 6.07) is -0.856. The number of nitrogens with zero attached hydrogens (tertiary/aromatic N) is 1. The van der Waals surface area contributed by atoms with E-state index in [1.54, 1.807) is 5.32 Å². The van der Waals surface area contributed by atoms with Gasteiger partial charge < -0.3 is 4.74 Å². The number of halogens is 2. The van der Waals surface area contributed by atoms with E-state index in [0.29, 0.717) is 4.90 Å². The Morgan fingerprint density at radius 1 is 1.33 bits per heavy atom. The van der Waals surface area contributed by atoms with Crippen LogP contribution in [0.1, 0.15) is 0 Å². The summed E-state index contributed by atoms with van der Waals surface area (Å²) in [5.74, 6) is -2.02. The zero-order valence-corrected chi connectivity index (χ0v) is 7.53. The van der Waals surface area contributed by atoms with E-state index in [1.165, 1.54) is 0 Å². The molecule has 8 heteroatoms. The Bertz CT molecular complexity index is 295. The molecular weight excluding hydrogens is 214 g/mol. The summed E-state index contributed by atoms with van der Waals surface area (Å²) in [5.41, 5.74) is 0. The van der Waals surface area contributed by atoms with Gasteiger partial charge in [-0.05, 0) is 0 Å². The van der Waals surface area contributed by atoms with Gasteiger partial charge in [0, 0.05) is 0 Å². The fourth-order valence-electron chi connectivity index (χ4n) is 0.964. The van der Waals surface area contributed by atoms with Crippen molar-refractivity contribution in [1.82, 2.24) is 10.2 Å². The number of nitrogens with one attached hydrogen (secondary N) is 1. The zero-order chi connectivity index (χ0) is 11.4. The maximum Gasteiger partial charge on any atom is 0.331 e. The number of hydrogen-bond acceptors (Lipinski definition) is 4. The summed E-state index contributed by atoms with van der Waals surface area (Å²) in [6.07, 6.45) is -2.60. The molecule has 1 fully saturated rings. The molecule has 0 aliphatic carbocycles. The maximum atomic E-state index is 11.6. The molecule has 1 rings (SSSR count). The van der Waals surface area contributed by atoms with Crippen LogP contribution >= 0.6 is 0 Å². The molecule has 0 saturated carbocycles. The fourth-order valence-corrected chi connectivity index (χ4v) is 0.964. The van der Waals surface area contributed by atoms with Crippen LogP contribution < -0.4 is 5.32 Å². The average molecular weight is 222 g/mol. The molecule has 84 valence electrons. The van der Waals surface area contributed by atoms with Gasteiger partial charge in [-0.2, -0.15) is 0 Å². The third-order valence-corrected chi connectivity index (χ3v) is 1.61. The monoisotopic (exact) mass is 222 g/mol. The molecular formula is C7H8F2N2O4. The van der Waals surface area contributed by atoms with Crippen molar-refractivity contribution in [2.45, 2.75) is 6.43 Å². The van der Waals surface area contributed by atoms with Crippen LogP contribution in [-0.4, -0.2) is 48.9 Å². The number of carbonyl (C=O) groups excluding carboxylic acids is 3. The number of alkyl halides is 2. The Balaban J connectivity index is 2.30. The van der Waals surface area contributed by atoms with E-state index in [4.69, 9.17) is 0 Å². The number of ether oxygens (including phenoxy) is 1. The fraction of sp³-hybridized carbons (Fsp3) is 0.571. The molecule has 0 aromatic rings. The van der Waals surface area contributed by atoms with Crippen molar-refractivity contribution in [3.05, 3.63) is 0 Å². The summed E-state index contributed by atoms with van der Waals surface area (Å²) in [5, 5.41) is 1.76. The van der Waals surface area contributed by atoms with Gasteiger partial charge >= 0.3 is 17.8 Å². The van der Waals surface area contributed by atoms with Gasteiger partial charge in [-0.1, -0.05) is 0 Å². The molecule has 0 unspecified atom stereocenters. The highest BCUT2D eigenvalue weighted by Crippen LogP contribution is 2.00. The number of imide groups is 2. The van der Waals surface area contributed by atoms with Crippen molar-refractivity contribution in [1.29, 1.82) is 0 Å². The Morgan fingerprint density at radius 3 is 2.47 bits per heavy atom. The standard InChI is InChI=1S/C7H8F2N2O4/c8-4(9)3-15-2-1-11-6(13)5(12)10-7(11)14/h4H,1-3H2,(H,10,12,14).